The molecule has 0 radical (unpaired) electrons. The molecule has 2 rings (SSSR count). The Balaban J connectivity index is 2.02. The van der Waals surface area contributed by atoms with Crippen LogP contribution in [0, 0.1) is 11.8 Å². The molecular weight excluding hydrogens is 270 g/mol. The zero-order valence-electron chi connectivity index (χ0n) is 13.1. The van der Waals surface area contributed by atoms with Gasteiger partial charge in [0.05, 0.1) is 5.92 Å². The van der Waals surface area contributed by atoms with Crippen LogP contribution in [0.2, 0.25) is 0 Å². The van der Waals surface area contributed by atoms with Crippen molar-refractivity contribution in [3.8, 4) is 0 Å². The molecule has 0 aromatic carbocycles. The number of nitrogens with one attached hydrogen (secondary N) is 1. The summed E-state index contributed by atoms with van der Waals surface area (Å²) in [4.78, 5) is 39.9. The van der Waals surface area contributed by atoms with E-state index < -0.39 is 6.04 Å². The summed E-state index contributed by atoms with van der Waals surface area (Å²) in [6, 6.07) is -0.414. The van der Waals surface area contributed by atoms with Crippen LogP contribution >= 0.6 is 0 Å². The Bertz CT molecular complexity index is 436. The van der Waals surface area contributed by atoms with Crippen LogP contribution < -0.4 is 5.32 Å². The predicted octanol–water partition coefficient (Wildman–Crippen LogP) is 0.228. The maximum absolute atomic E-state index is 12.7. The van der Waals surface area contributed by atoms with E-state index in [0.29, 0.717) is 19.6 Å². The molecule has 2 aliphatic heterocycles. The highest BCUT2D eigenvalue weighted by Gasteiger charge is 2.36. The zero-order chi connectivity index (χ0) is 15.6. The maximum atomic E-state index is 12.7. The third kappa shape index (κ3) is 3.36. The minimum absolute atomic E-state index is 0.0126. The van der Waals surface area contributed by atoms with Crippen molar-refractivity contribution in [2.24, 2.45) is 11.8 Å². The van der Waals surface area contributed by atoms with Crippen LogP contribution in [0.3, 0.4) is 0 Å². The molecule has 0 aliphatic carbocycles. The van der Waals surface area contributed by atoms with Crippen molar-refractivity contribution in [2.45, 2.75) is 39.7 Å². The molecule has 0 aromatic heterocycles. The molecule has 0 bridgehead atoms. The fourth-order valence-corrected chi connectivity index (χ4v) is 3.06. The Morgan fingerprint density at radius 3 is 2.67 bits per heavy atom. The Labute approximate surface area is 125 Å². The summed E-state index contributed by atoms with van der Waals surface area (Å²) >= 11 is 0. The van der Waals surface area contributed by atoms with Crippen LogP contribution in [-0.2, 0) is 14.4 Å². The summed E-state index contributed by atoms with van der Waals surface area (Å²) in [6.07, 6.45) is 1.65. The van der Waals surface area contributed by atoms with E-state index in [1.54, 1.807) is 16.7 Å². The monoisotopic (exact) mass is 295 g/mol. The van der Waals surface area contributed by atoms with Gasteiger partial charge in [0, 0.05) is 32.1 Å². The van der Waals surface area contributed by atoms with E-state index >= 15 is 0 Å². The molecular formula is C15H25N3O3. The van der Waals surface area contributed by atoms with Crippen LogP contribution in [0.5, 0.6) is 0 Å². The van der Waals surface area contributed by atoms with Gasteiger partial charge >= 0.3 is 0 Å². The van der Waals surface area contributed by atoms with Gasteiger partial charge in [-0.05, 0) is 19.8 Å². The van der Waals surface area contributed by atoms with Crippen molar-refractivity contribution in [3.63, 3.8) is 0 Å². The Hall–Kier alpha value is -1.59. The number of rotatable bonds is 2. The summed E-state index contributed by atoms with van der Waals surface area (Å²) in [7, 11) is 0. The predicted molar refractivity (Wildman–Crippen MR) is 78.3 cm³/mol. The van der Waals surface area contributed by atoms with E-state index in [1.807, 2.05) is 13.8 Å². The molecule has 118 valence electrons. The van der Waals surface area contributed by atoms with Gasteiger partial charge in [-0.3, -0.25) is 14.4 Å². The number of hydrogen-bond donors (Lipinski definition) is 1. The van der Waals surface area contributed by atoms with Crippen LogP contribution in [0.4, 0.5) is 0 Å². The summed E-state index contributed by atoms with van der Waals surface area (Å²) in [5, 5.41) is 2.76. The van der Waals surface area contributed by atoms with Gasteiger partial charge in [-0.2, -0.15) is 0 Å². The van der Waals surface area contributed by atoms with Gasteiger partial charge in [0.15, 0.2) is 0 Å². The number of piperidine rings is 1. The van der Waals surface area contributed by atoms with Gasteiger partial charge in [0.1, 0.15) is 6.04 Å². The minimum atomic E-state index is -0.414. The van der Waals surface area contributed by atoms with E-state index in [2.05, 4.69) is 5.32 Å². The van der Waals surface area contributed by atoms with Gasteiger partial charge in [0.2, 0.25) is 17.7 Å². The highest BCUT2D eigenvalue weighted by molar-refractivity contribution is 5.89. The fourth-order valence-electron chi connectivity index (χ4n) is 3.06. The molecule has 21 heavy (non-hydrogen) atoms. The standard InChI is InChI=1S/C15H25N3O3/c1-10(2)14(20)17-7-4-5-12(9-17)15(21)18-8-6-16-13(19)11(18)3/h10-12H,4-9H2,1-3H3,(H,16,19). The molecule has 2 atom stereocenters. The number of carbonyl (C=O) groups excluding carboxylic acids is 3. The normalized spacial score (nSPS) is 26.8. The van der Waals surface area contributed by atoms with Crippen molar-refractivity contribution in [2.75, 3.05) is 26.2 Å². The van der Waals surface area contributed by atoms with Gasteiger partial charge in [0.25, 0.3) is 0 Å². The zero-order valence-corrected chi connectivity index (χ0v) is 13.1. The van der Waals surface area contributed by atoms with E-state index in [0.717, 1.165) is 19.4 Å². The number of piperazine rings is 1. The van der Waals surface area contributed by atoms with Crippen molar-refractivity contribution in [3.05, 3.63) is 0 Å². The molecule has 2 heterocycles. The molecule has 0 spiro atoms. The number of carbonyl (C=O) groups is 3. The lowest BCUT2D eigenvalue weighted by Crippen LogP contribution is -2.58. The fraction of sp³-hybridized carbons (Fsp3) is 0.800. The number of nitrogens with zero attached hydrogens (tertiary/aromatic N) is 2. The highest BCUT2D eigenvalue weighted by atomic mass is 16.2. The highest BCUT2D eigenvalue weighted by Crippen LogP contribution is 2.22. The number of likely N-dealkylation sites (tertiary alicyclic amines) is 1. The van der Waals surface area contributed by atoms with E-state index in [4.69, 9.17) is 0 Å². The van der Waals surface area contributed by atoms with Crippen molar-refractivity contribution < 1.29 is 14.4 Å². The second kappa shape index (κ2) is 6.45. The van der Waals surface area contributed by atoms with E-state index in [1.165, 1.54) is 0 Å². The first-order chi connectivity index (χ1) is 9.91. The average molecular weight is 295 g/mol. The van der Waals surface area contributed by atoms with E-state index in [-0.39, 0.29) is 29.6 Å². The van der Waals surface area contributed by atoms with Gasteiger partial charge in [-0.1, -0.05) is 13.8 Å². The average Bonchev–Trinajstić information content (AvgIpc) is 2.48. The third-order valence-electron chi connectivity index (χ3n) is 4.36. The lowest BCUT2D eigenvalue weighted by atomic mass is 9.94. The molecule has 1 N–H and O–H groups in total. The lowest BCUT2D eigenvalue weighted by molar-refractivity contribution is -0.148. The molecule has 0 aromatic rings. The summed E-state index contributed by atoms with van der Waals surface area (Å²) in [6.45, 7) is 7.80. The van der Waals surface area contributed by atoms with Crippen molar-refractivity contribution >= 4 is 17.7 Å². The first-order valence-electron chi connectivity index (χ1n) is 7.78. The largest absolute Gasteiger partial charge is 0.353 e. The molecule has 6 nitrogen and oxygen atoms in total. The van der Waals surface area contributed by atoms with Crippen LogP contribution in [0.1, 0.15) is 33.6 Å². The number of amides is 3. The molecule has 3 amide bonds. The van der Waals surface area contributed by atoms with Crippen molar-refractivity contribution in [1.82, 2.24) is 15.1 Å². The molecule has 0 saturated carbocycles. The summed E-state index contributed by atoms with van der Waals surface area (Å²) in [5.41, 5.74) is 0. The van der Waals surface area contributed by atoms with Gasteiger partial charge in [-0.15, -0.1) is 0 Å². The van der Waals surface area contributed by atoms with Crippen LogP contribution in [-0.4, -0.2) is 59.7 Å². The van der Waals surface area contributed by atoms with Gasteiger partial charge < -0.3 is 15.1 Å². The minimum Gasteiger partial charge on any atom is -0.353 e. The number of hydrogen-bond acceptors (Lipinski definition) is 3. The first kappa shape index (κ1) is 15.8. The van der Waals surface area contributed by atoms with Crippen LogP contribution in [0.15, 0.2) is 0 Å². The smallest absolute Gasteiger partial charge is 0.242 e. The molecule has 2 aliphatic rings. The topological polar surface area (TPSA) is 69.7 Å². The first-order valence-corrected chi connectivity index (χ1v) is 7.78. The van der Waals surface area contributed by atoms with Crippen molar-refractivity contribution in [1.29, 1.82) is 0 Å². The third-order valence-corrected chi connectivity index (χ3v) is 4.36. The summed E-state index contributed by atoms with van der Waals surface area (Å²) in [5.74, 6) is -0.190. The van der Waals surface area contributed by atoms with E-state index in [9.17, 15) is 14.4 Å². The van der Waals surface area contributed by atoms with Gasteiger partial charge in [-0.25, -0.2) is 0 Å². The molecule has 2 fully saturated rings. The quantitative estimate of drug-likeness (QED) is 0.793. The second-order valence-corrected chi connectivity index (χ2v) is 6.28. The maximum Gasteiger partial charge on any atom is 0.242 e. The molecule has 2 unspecified atom stereocenters. The molecule has 2 saturated heterocycles. The lowest BCUT2D eigenvalue weighted by Gasteiger charge is -2.39. The Kier molecular flexibility index (Phi) is 4.85. The Morgan fingerprint density at radius 1 is 1.29 bits per heavy atom. The van der Waals surface area contributed by atoms with Crippen LogP contribution in [0.25, 0.3) is 0 Å². The summed E-state index contributed by atoms with van der Waals surface area (Å²) < 4.78 is 0. The SMILES string of the molecule is CC(C)C(=O)N1CCCC(C(=O)N2CCNC(=O)C2C)C1. The molecule has 6 heteroatoms. The Morgan fingerprint density at radius 2 is 2.00 bits per heavy atom. The second-order valence-electron chi connectivity index (χ2n) is 6.28.